The summed E-state index contributed by atoms with van der Waals surface area (Å²) < 4.78 is 10.9. The number of rotatable bonds is 3. The summed E-state index contributed by atoms with van der Waals surface area (Å²) in [6.45, 7) is 0. The first-order valence-corrected chi connectivity index (χ1v) is 7.38. The summed E-state index contributed by atoms with van der Waals surface area (Å²) in [6.07, 6.45) is 0. The van der Waals surface area contributed by atoms with Crippen LogP contribution in [0.1, 0.15) is 0 Å². The van der Waals surface area contributed by atoms with E-state index in [4.69, 9.17) is 14.9 Å². The van der Waals surface area contributed by atoms with Crippen LogP contribution in [0.5, 0.6) is 5.75 Å². The van der Waals surface area contributed by atoms with Crippen LogP contribution in [0.25, 0.3) is 34.1 Å². The minimum atomic E-state index is 0.289. The average molecular weight is 318 g/mol. The molecule has 0 aliphatic rings. The smallest absolute Gasteiger partial charge is 0.253 e. The number of hydrogen-bond acceptors (Lipinski definition) is 6. The van der Waals surface area contributed by atoms with Gasteiger partial charge >= 0.3 is 0 Å². The van der Waals surface area contributed by atoms with Crippen molar-refractivity contribution in [3.05, 3.63) is 54.6 Å². The third-order valence-electron chi connectivity index (χ3n) is 3.65. The molecule has 0 bridgehead atoms. The number of anilines is 1. The number of oxazole rings is 1. The zero-order valence-electron chi connectivity index (χ0n) is 12.9. The highest BCUT2D eigenvalue weighted by Gasteiger charge is 2.15. The first-order valence-electron chi connectivity index (χ1n) is 7.38. The molecule has 2 heterocycles. The maximum absolute atomic E-state index is 6.04. The summed E-state index contributed by atoms with van der Waals surface area (Å²) in [5.74, 6) is 2.01. The fraction of sp³-hybridized carbons (Fsp3) is 0.0556. The maximum atomic E-state index is 6.04. The summed E-state index contributed by atoms with van der Waals surface area (Å²) >= 11 is 0. The Balaban J connectivity index is 1.81. The molecule has 4 aromatic rings. The largest absolute Gasteiger partial charge is 0.497 e. The first-order chi connectivity index (χ1) is 11.7. The molecule has 24 heavy (non-hydrogen) atoms. The van der Waals surface area contributed by atoms with Gasteiger partial charge in [-0.2, -0.15) is 4.98 Å². The number of methoxy groups -OCH3 is 1. The highest BCUT2D eigenvalue weighted by molar-refractivity contribution is 5.84. The van der Waals surface area contributed by atoms with Gasteiger partial charge in [0, 0.05) is 11.1 Å². The molecule has 0 atom stereocenters. The minimum absolute atomic E-state index is 0.289. The van der Waals surface area contributed by atoms with Crippen LogP contribution in [0.15, 0.2) is 59.0 Å². The predicted molar refractivity (Wildman–Crippen MR) is 91.4 cm³/mol. The molecule has 6 heteroatoms. The molecule has 0 saturated heterocycles. The lowest BCUT2D eigenvalue weighted by Gasteiger charge is -2.03. The summed E-state index contributed by atoms with van der Waals surface area (Å²) in [6, 6.07) is 17.0. The Labute approximate surface area is 137 Å². The number of hydrogen-bond donors (Lipinski definition) is 1. The van der Waals surface area contributed by atoms with Gasteiger partial charge in [-0.1, -0.05) is 18.2 Å². The van der Waals surface area contributed by atoms with E-state index in [1.807, 2.05) is 54.6 Å². The molecule has 2 N–H and O–H groups in total. The monoisotopic (exact) mass is 318 g/mol. The SMILES string of the molecule is COc1ccc(-c2nc(N)c3nc(-c4ccccc4)oc3n2)cc1. The van der Waals surface area contributed by atoms with Gasteiger partial charge in [0.05, 0.1) is 7.11 Å². The minimum Gasteiger partial charge on any atom is -0.497 e. The van der Waals surface area contributed by atoms with E-state index in [9.17, 15) is 0 Å². The molecule has 6 nitrogen and oxygen atoms in total. The topological polar surface area (TPSA) is 87.1 Å². The van der Waals surface area contributed by atoms with Crippen LogP contribution in [0.4, 0.5) is 5.82 Å². The molecule has 0 unspecified atom stereocenters. The fourth-order valence-corrected chi connectivity index (χ4v) is 2.42. The highest BCUT2D eigenvalue weighted by atomic mass is 16.5. The van der Waals surface area contributed by atoms with Gasteiger partial charge in [0.2, 0.25) is 5.89 Å². The van der Waals surface area contributed by atoms with Gasteiger partial charge in [0.15, 0.2) is 17.2 Å². The second-order valence-corrected chi connectivity index (χ2v) is 5.20. The molecular formula is C18H14N4O2. The van der Waals surface area contributed by atoms with Gasteiger partial charge in [-0.3, -0.25) is 0 Å². The summed E-state index contributed by atoms with van der Waals surface area (Å²) in [5, 5.41) is 0. The van der Waals surface area contributed by atoms with E-state index in [0.29, 0.717) is 22.9 Å². The number of ether oxygens (including phenoxy) is 1. The zero-order valence-corrected chi connectivity index (χ0v) is 12.9. The molecule has 118 valence electrons. The van der Waals surface area contributed by atoms with E-state index in [1.54, 1.807) is 7.11 Å². The van der Waals surface area contributed by atoms with Crippen molar-refractivity contribution in [3.8, 4) is 28.6 Å². The van der Waals surface area contributed by atoms with Gasteiger partial charge in [-0.05, 0) is 36.4 Å². The van der Waals surface area contributed by atoms with Crippen molar-refractivity contribution in [1.29, 1.82) is 0 Å². The van der Waals surface area contributed by atoms with E-state index >= 15 is 0 Å². The molecule has 2 aromatic heterocycles. The van der Waals surface area contributed by atoms with Crippen LogP contribution in [-0.2, 0) is 0 Å². The Morgan fingerprint density at radius 1 is 0.875 bits per heavy atom. The first kappa shape index (κ1) is 14.2. The normalized spacial score (nSPS) is 10.9. The number of aromatic nitrogens is 3. The average Bonchev–Trinajstić information content (AvgIpc) is 3.07. The van der Waals surface area contributed by atoms with Crippen molar-refractivity contribution >= 4 is 17.0 Å². The lowest BCUT2D eigenvalue weighted by molar-refractivity contribution is 0.415. The van der Waals surface area contributed by atoms with Crippen LogP contribution in [0.2, 0.25) is 0 Å². The van der Waals surface area contributed by atoms with Crippen molar-refractivity contribution in [2.75, 3.05) is 12.8 Å². The number of nitrogens with zero attached hydrogens (tertiary/aromatic N) is 3. The van der Waals surface area contributed by atoms with Crippen molar-refractivity contribution < 1.29 is 9.15 Å². The molecule has 4 rings (SSSR count). The molecule has 0 aliphatic heterocycles. The van der Waals surface area contributed by atoms with Crippen molar-refractivity contribution in [2.45, 2.75) is 0 Å². The van der Waals surface area contributed by atoms with Gasteiger partial charge in [0.1, 0.15) is 5.75 Å². The van der Waals surface area contributed by atoms with Crippen LogP contribution in [0.3, 0.4) is 0 Å². The molecule has 0 spiro atoms. The molecule has 0 fully saturated rings. The van der Waals surface area contributed by atoms with Gasteiger partial charge < -0.3 is 14.9 Å². The lowest BCUT2D eigenvalue weighted by Crippen LogP contribution is -1.97. The lowest BCUT2D eigenvalue weighted by atomic mass is 10.2. The van der Waals surface area contributed by atoms with Crippen molar-refractivity contribution in [2.24, 2.45) is 0 Å². The van der Waals surface area contributed by atoms with Crippen LogP contribution in [-0.4, -0.2) is 22.1 Å². The third kappa shape index (κ3) is 2.44. The molecule has 0 saturated carbocycles. The zero-order chi connectivity index (χ0) is 16.5. The highest BCUT2D eigenvalue weighted by Crippen LogP contribution is 2.28. The van der Waals surface area contributed by atoms with Gasteiger partial charge in [-0.15, -0.1) is 0 Å². The number of nitrogen functional groups attached to an aromatic ring is 1. The number of fused-ring (bicyclic) bond motifs is 1. The van der Waals surface area contributed by atoms with Crippen LogP contribution in [0, 0.1) is 0 Å². The number of benzene rings is 2. The van der Waals surface area contributed by atoms with Crippen LogP contribution >= 0.6 is 0 Å². The Kier molecular flexibility index (Phi) is 3.35. The molecule has 0 radical (unpaired) electrons. The van der Waals surface area contributed by atoms with Crippen molar-refractivity contribution in [1.82, 2.24) is 15.0 Å². The quantitative estimate of drug-likeness (QED) is 0.621. The van der Waals surface area contributed by atoms with E-state index < -0.39 is 0 Å². The molecule has 0 amide bonds. The number of nitrogens with two attached hydrogens (primary N) is 1. The molecular weight excluding hydrogens is 304 g/mol. The Morgan fingerprint density at radius 2 is 1.62 bits per heavy atom. The standard InChI is InChI=1S/C18H14N4O2/c1-23-13-9-7-11(8-10-13)16-21-15(19)14-18(22-16)24-17(20-14)12-5-3-2-4-6-12/h2-10H,1H3,(H2,19,21,22). The second-order valence-electron chi connectivity index (χ2n) is 5.20. The third-order valence-corrected chi connectivity index (χ3v) is 3.65. The predicted octanol–water partition coefficient (Wildman–Crippen LogP) is 3.54. The summed E-state index contributed by atoms with van der Waals surface area (Å²) in [5.41, 5.74) is 8.56. The van der Waals surface area contributed by atoms with Crippen molar-refractivity contribution in [3.63, 3.8) is 0 Å². The van der Waals surface area contributed by atoms with E-state index in [1.165, 1.54) is 0 Å². The fourth-order valence-electron chi connectivity index (χ4n) is 2.42. The van der Waals surface area contributed by atoms with E-state index in [2.05, 4.69) is 15.0 Å². The van der Waals surface area contributed by atoms with Crippen LogP contribution < -0.4 is 10.5 Å². The van der Waals surface area contributed by atoms with Gasteiger partial charge in [-0.25, -0.2) is 9.97 Å². The Morgan fingerprint density at radius 3 is 2.33 bits per heavy atom. The maximum Gasteiger partial charge on any atom is 0.253 e. The van der Waals surface area contributed by atoms with E-state index in [0.717, 1.165) is 16.9 Å². The summed E-state index contributed by atoms with van der Waals surface area (Å²) in [7, 11) is 1.62. The Hall–Kier alpha value is -3.41. The second kappa shape index (κ2) is 5.66. The van der Waals surface area contributed by atoms with E-state index in [-0.39, 0.29) is 5.82 Å². The Bertz CT molecular complexity index is 995. The summed E-state index contributed by atoms with van der Waals surface area (Å²) in [4.78, 5) is 13.2. The molecule has 2 aromatic carbocycles. The molecule has 0 aliphatic carbocycles. The van der Waals surface area contributed by atoms with Gasteiger partial charge in [0.25, 0.3) is 5.71 Å².